The molecule has 0 amide bonds. The maximum atomic E-state index is 12.0. The zero-order valence-electron chi connectivity index (χ0n) is 10.9. The third-order valence-electron chi connectivity index (χ3n) is 3.91. The Morgan fingerprint density at radius 1 is 1.24 bits per heavy atom. The molecule has 1 fully saturated rings. The first-order valence-corrected chi connectivity index (χ1v) is 8.18. The highest BCUT2D eigenvalue weighted by molar-refractivity contribution is 7.89. The van der Waals surface area contributed by atoms with Gasteiger partial charge in [0.1, 0.15) is 0 Å². The van der Waals surface area contributed by atoms with E-state index in [2.05, 4.69) is 6.92 Å². The van der Waals surface area contributed by atoms with Crippen LogP contribution in [0.2, 0.25) is 0 Å². The molecule has 1 aliphatic carbocycles. The summed E-state index contributed by atoms with van der Waals surface area (Å²) in [6, 6.07) is 0.168. The van der Waals surface area contributed by atoms with Gasteiger partial charge < -0.3 is 5.11 Å². The Labute approximate surface area is 105 Å². The smallest absolute Gasteiger partial charge is 0.214 e. The van der Waals surface area contributed by atoms with E-state index in [4.69, 9.17) is 5.11 Å². The van der Waals surface area contributed by atoms with E-state index in [1.54, 1.807) is 7.05 Å². The highest BCUT2D eigenvalue weighted by Gasteiger charge is 2.29. The Morgan fingerprint density at radius 2 is 1.82 bits per heavy atom. The summed E-state index contributed by atoms with van der Waals surface area (Å²) in [7, 11) is -1.49. The number of sulfonamides is 1. The lowest BCUT2D eigenvalue weighted by atomic mass is 9.85. The molecule has 1 aliphatic rings. The van der Waals surface area contributed by atoms with Crippen LogP contribution in [0, 0.1) is 5.92 Å². The van der Waals surface area contributed by atoms with Gasteiger partial charge in [-0.25, -0.2) is 12.7 Å². The lowest BCUT2D eigenvalue weighted by Crippen LogP contribution is -2.40. The lowest BCUT2D eigenvalue weighted by molar-refractivity contribution is 0.232. The second-order valence-corrected chi connectivity index (χ2v) is 7.14. The molecule has 0 radical (unpaired) electrons. The summed E-state index contributed by atoms with van der Waals surface area (Å²) in [5.74, 6) is 0.841. The Kier molecular flexibility index (Phi) is 5.89. The fraction of sp³-hybridized carbons (Fsp3) is 1.00. The molecule has 1 N–H and O–H groups in total. The molecule has 0 aliphatic heterocycles. The molecule has 0 aromatic heterocycles. The van der Waals surface area contributed by atoms with Crippen LogP contribution in [0.5, 0.6) is 0 Å². The summed E-state index contributed by atoms with van der Waals surface area (Å²) >= 11 is 0. The maximum absolute atomic E-state index is 12.0. The molecule has 0 spiro atoms. The van der Waals surface area contributed by atoms with Crippen LogP contribution in [-0.2, 0) is 10.0 Å². The Hall–Kier alpha value is -0.130. The van der Waals surface area contributed by atoms with Crippen LogP contribution in [0.15, 0.2) is 0 Å². The minimum Gasteiger partial charge on any atom is -0.396 e. The number of hydrogen-bond acceptors (Lipinski definition) is 3. The molecule has 0 atom stereocenters. The van der Waals surface area contributed by atoms with Crippen LogP contribution in [-0.4, -0.2) is 43.3 Å². The van der Waals surface area contributed by atoms with Crippen LogP contribution in [0.4, 0.5) is 0 Å². The van der Waals surface area contributed by atoms with Crippen molar-refractivity contribution in [3.63, 3.8) is 0 Å². The zero-order chi connectivity index (χ0) is 12.9. The van der Waals surface area contributed by atoms with E-state index in [9.17, 15) is 8.42 Å². The van der Waals surface area contributed by atoms with Crippen LogP contribution >= 0.6 is 0 Å². The number of aliphatic hydroxyl groups is 1. The van der Waals surface area contributed by atoms with E-state index in [1.165, 1.54) is 10.7 Å². The summed E-state index contributed by atoms with van der Waals surface area (Å²) in [5.41, 5.74) is 0. The van der Waals surface area contributed by atoms with Crippen molar-refractivity contribution < 1.29 is 13.5 Å². The van der Waals surface area contributed by atoms with Crippen LogP contribution in [0.1, 0.15) is 45.4 Å². The van der Waals surface area contributed by atoms with E-state index in [-0.39, 0.29) is 18.4 Å². The van der Waals surface area contributed by atoms with Crippen molar-refractivity contribution >= 4 is 10.0 Å². The molecule has 5 heteroatoms. The van der Waals surface area contributed by atoms with Gasteiger partial charge in [-0.05, 0) is 38.0 Å². The molecule has 0 saturated heterocycles. The fourth-order valence-corrected chi connectivity index (χ4v) is 3.98. The molecule has 1 saturated carbocycles. The van der Waals surface area contributed by atoms with Crippen molar-refractivity contribution in [2.45, 2.75) is 51.5 Å². The summed E-state index contributed by atoms with van der Waals surface area (Å²) < 4.78 is 25.4. The van der Waals surface area contributed by atoms with E-state index < -0.39 is 10.0 Å². The Morgan fingerprint density at radius 3 is 2.29 bits per heavy atom. The number of aliphatic hydroxyl groups excluding tert-OH is 1. The Balaban J connectivity index is 2.50. The summed E-state index contributed by atoms with van der Waals surface area (Å²) in [4.78, 5) is 0. The van der Waals surface area contributed by atoms with Gasteiger partial charge in [0.25, 0.3) is 0 Å². The number of rotatable bonds is 6. The van der Waals surface area contributed by atoms with Crippen molar-refractivity contribution in [3.8, 4) is 0 Å². The van der Waals surface area contributed by atoms with Crippen molar-refractivity contribution in [1.82, 2.24) is 4.31 Å². The van der Waals surface area contributed by atoms with Crippen LogP contribution < -0.4 is 0 Å². The largest absolute Gasteiger partial charge is 0.396 e. The first-order valence-electron chi connectivity index (χ1n) is 6.57. The minimum absolute atomic E-state index is 0.0599. The fourth-order valence-electron chi connectivity index (χ4n) is 2.53. The van der Waals surface area contributed by atoms with Crippen molar-refractivity contribution in [2.24, 2.45) is 5.92 Å². The molecule has 0 aromatic carbocycles. The maximum Gasteiger partial charge on any atom is 0.214 e. The van der Waals surface area contributed by atoms with Crippen LogP contribution in [0.25, 0.3) is 0 Å². The van der Waals surface area contributed by atoms with Gasteiger partial charge in [0.15, 0.2) is 0 Å². The van der Waals surface area contributed by atoms with E-state index in [0.717, 1.165) is 31.6 Å². The van der Waals surface area contributed by atoms with Crippen molar-refractivity contribution in [3.05, 3.63) is 0 Å². The predicted molar refractivity (Wildman–Crippen MR) is 69.3 cm³/mol. The molecule has 0 bridgehead atoms. The molecule has 0 heterocycles. The third-order valence-corrected chi connectivity index (χ3v) is 5.89. The molecular formula is C12H25NO3S. The van der Waals surface area contributed by atoms with Gasteiger partial charge >= 0.3 is 0 Å². The van der Waals surface area contributed by atoms with Crippen molar-refractivity contribution in [2.75, 3.05) is 19.4 Å². The highest BCUT2D eigenvalue weighted by Crippen LogP contribution is 2.30. The lowest BCUT2D eigenvalue weighted by Gasteiger charge is -2.33. The first-order chi connectivity index (χ1) is 8.01. The molecule has 17 heavy (non-hydrogen) atoms. The molecule has 0 unspecified atom stereocenters. The molecular weight excluding hydrogens is 238 g/mol. The van der Waals surface area contributed by atoms with Crippen LogP contribution in [0.3, 0.4) is 0 Å². The van der Waals surface area contributed by atoms with Gasteiger partial charge in [-0.2, -0.15) is 0 Å². The molecule has 0 aromatic rings. The van der Waals surface area contributed by atoms with Gasteiger partial charge in [-0.3, -0.25) is 0 Å². The number of nitrogens with zero attached hydrogens (tertiary/aromatic N) is 1. The summed E-state index contributed by atoms with van der Waals surface area (Å²) in [6.45, 7) is 2.14. The number of hydrogen-bond donors (Lipinski definition) is 1. The van der Waals surface area contributed by atoms with Gasteiger partial charge in [0.2, 0.25) is 10.0 Å². The summed E-state index contributed by atoms with van der Waals surface area (Å²) in [5, 5.41) is 8.71. The highest BCUT2D eigenvalue weighted by atomic mass is 32.2. The summed E-state index contributed by atoms with van der Waals surface area (Å²) in [6.07, 6.45) is 5.77. The average molecular weight is 263 g/mol. The van der Waals surface area contributed by atoms with Gasteiger partial charge in [0, 0.05) is 19.7 Å². The first kappa shape index (κ1) is 14.9. The topological polar surface area (TPSA) is 57.6 Å². The van der Waals surface area contributed by atoms with E-state index in [1.807, 2.05) is 0 Å². The van der Waals surface area contributed by atoms with Gasteiger partial charge in [0.05, 0.1) is 5.75 Å². The van der Waals surface area contributed by atoms with Gasteiger partial charge in [-0.15, -0.1) is 0 Å². The predicted octanol–water partition coefficient (Wildman–Crippen LogP) is 1.60. The van der Waals surface area contributed by atoms with Gasteiger partial charge in [-0.1, -0.05) is 13.3 Å². The quantitative estimate of drug-likeness (QED) is 0.792. The molecule has 4 nitrogen and oxygen atoms in total. The minimum atomic E-state index is -3.17. The Bertz CT molecular complexity index is 308. The second-order valence-electron chi connectivity index (χ2n) is 4.99. The second kappa shape index (κ2) is 6.71. The third kappa shape index (κ3) is 4.23. The normalized spacial score (nSPS) is 26.4. The molecule has 102 valence electrons. The SMILES string of the molecule is CCC1CCC(N(C)S(=O)(=O)CCCO)CC1. The monoisotopic (exact) mass is 263 g/mol. The van der Waals surface area contributed by atoms with E-state index in [0.29, 0.717) is 6.42 Å². The standard InChI is InChI=1S/C12H25NO3S/c1-3-11-5-7-12(8-6-11)13(2)17(15,16)10-4-9-14/h11-12,14H,3-10H2,1-2H3. The van der Waals surface area contributed by atoms with Crippen molar-refractivity contribution in [1.29, 1.82) is 0 Å². The molecule has 1 rings (SSSR count). The van der Waals surface area contributed by atoms with E-state index >= 15 is 0 Å². The average Bonchev–Trinajstić information content (AvgIpc) is 2.35. The zero-order valence-corrected chi connectivity index (χ0v) is 11.7.